The van der Waals surface area contributed by atoms with Crippen LogP contribution in [0.4, 0.5) is 0 Å². The fraction of sp³-hybridized carbons (Fsp3) is 0.385. The van der Waals surface area contributed by atoms with Gasteiger partial charge < -0.3 is 9.84 Å². The van der Waals surface area contributed by atoms with Crippen LogP contribution in [0.5, 0.6) is 0 Å². The number of hydrogen-bond donors (Lipinski definition) is 1. The summed E-state index contributed by atoms with van der Waals surface area (Å²) in [5.74, 6) is -0.301. The lowest BCUT2D eigenvalue weighted by molar-refractivity contribution is -0.136. The van der Waals surface area contributed by atoms with Crippen LogP contribution in [0, 0.1) is 0 Å². The highest BCUT2D eigenvalue weighted by Crippen LogP contribution is 2.20. The van der Waals surface area contributed by atoms with Gasteiger partial charge in [-0.25, -0.2) is 4.99 Å². The second-order valence-corrected chi connectivity index (χ2v) is 4.58. The summed E-state index contributed by atoms with van der Waals surface area (Å²) in [5.41, 5.74) is 1.04. The second-order valence-electron chi connectivity index (χ2n) is 4.18. The normalized spacial score (nSPS) is 18.3. The van der Waals surface area contributed by atoms with Gasteiger partial charge in [0.05, 0.1) is 12.5 Å². The number of benzene rings is 1. The molecule has 1 aromatic carbocycles. The minimum absolute atomic E-state index is 0.0358. The first-order valence-electron chi connectivity index (χ1n) is 5.80. The van der Waals surface area contributed by atoms with Crippen LogP contribution >= 0.6 is 11.6 Å². The average molecular weight is 268 g/mol. The van der Waals surface area contributed by atoms with E-state index >= 15 is 0 Å². The van der Waals surface area contributed by atoms with Crippen LogP contribution in [0.15, 0.2) is 29.3 Å². The van der Waals surface area contributed by atoms with E-state index in [1.807, 2.05) is 24.3 Å². The molecule has 18 heavy (non-hydrogen) atoms. The Bertz CT molecular complexity index is 473. The molecular weight excluding hydrogens is 254 g/mol. The van der Waals surface area contributed by atoms with Crippen LogP contribution in [-0.4, -0.2) is 29.6 Å². The van der Waals surface area contributed by atoms with E-state index in [9.17, 15) is 4.79 Å². The SMILES string of the molecule is O=C(O)CCC1=NC(Cc2ccccc2Cl)CO1. The highest BCUT2D eigenvalue weighted by molar-refractivity contribution is 6.31. The molecule has 5 heteroatoms. The zero-order valence-electron chi connectivity index (χ0n) is 9.80. The molecule has 1 aromatic rings. The standard InChI is InChI=1S/C13H14ClNO3/c14-11-4-2-1-3-9(11)7-10-8-18-12(15-10)5-6-13(16)17/h1-4,10H,5-8H2,(H,16,17). The number of hydrogen-bond acceptors (Lipinski definition) is 3. The quantitative estimate of drug-likeness (QED) is 0.892. The van der Waals surface area contributed by atoms with Gasteiger partial charge in [-0.15, -0.1) is 0 Å². The summed E-state index contributed by atoms with van der Waals surface area (Å²) in [6.07, 6.45) is 1.13. The Balaban J connectivity index is 1.92. The van der Waals surface area contributed by atoms with Gasteiger partial charge in [-0.3, -0.25) is 4.79 Å². The average Bonchev–Trinajstić information content (AvgIpc) is 2.77. The molecule has 0 amide bonds. The van der Waals surface area contributed by atoms with E-state index in [1.54, 1.807) is 0 Å². The molecular formula is C13H14ClNO3. The Hall–Kier alpha value is -1.55. The van der Waals surface area contributed by atoms with E-state index in [4.69, 9.17) is 21.4 Å². The van der Waals surface area contributed by atoms with Crippen molar-refractivity contribution in [2.75, 3.05) is 6.61 Å². The number of nitrogens with zero attached hydrogens (tertiary/aromatic N) is 1. The fourth-order valence-electron chi connectivity index (χ4n) is 1.84. The number of carboxylic acid groups (broad SMARTS) is 1. The van der Waals surface area contributed by atoms with Gasteiger partial charge in [0, 0.05) is 11.4 Å². The summed E-state index contributed by atoms with van der Waals surface area (Å²) in [4.78, 5) is 14.8. The molecule has 1 atom stereocenters. The van der Waals surface area contributed by atoms with Gasteiger partial charge in [0.25, 0.3) is 0 Å². The van der Waals surface area contributed by atoms with Gasteiger partial charge in [0.1, 0.15) is 6.61 Å². The fourth-order valence-corrected chi connectivity index (χ4v) is 2.06. The monoisotopic (exact) mass is 267 g/mol. The number of halogens is 1. The van der Waals surface area contributed by atoms with Gasteiger partial charge in [-0.1, -0.05) is 29.8 Å². The van der Waals surface area contributed by atoms with Crippen molar-refractivity contribution in [3.05, 3.63) is 34.9 Å². The molecule has 0 saturated heterocycles. The van der Waals surface area contributed by atoms with Crippen LogP contribution in [0.25, 0.3) is 0 Å². The van der Waals surface area contributed by atoms with Gasteiger partial charge in [-0.05, 0) is 18.1 Å². The number of aliphatic carboxylic acids is 1. The first-order chi connectivity index (χ1) is 8.65. The third kappa shape index (κ3) is 3.47. The van der Waals surface area contributed by atoms with Crippen LogP contribution < -0.4 is 0 Å². The first-order valence-corrected chi connectivity index (χ1v) is 6.17. The van der Waals surface area contributed by atoms with Crippen molar-refractivity contribution in [1.82, 2.24) is 0 Å². The van der Waals surface area contributed by atoms with Gasteiger partial charge >= 0.3 is 5.97 Å². The number of rotatable bonds is 5. The van der Waals surface area contributed by atoms with E-state index in [0.717, 1.165) is 17.0 Å². The number of aliphatic imine (C=N–C) groups is 1. The largest absolute Gasteiger partial charge is 0.481 e. The lowest BCUT2D eigenvalue weighted by Gasteiger charge is -2.06. The van der Waals surface area contributed by atoms with Crippen LogP contribution in [0.1, 0.15) is 18.4 Å². The molecule has 1 N–H and O–H groups in total. The van der Waals surface area contributed by atoms with E-state index in [1.165, 1.54) is 0 Å². The summed E-state index contributed by atoms with van der Waals surface area (Å²) in [6, 6.07) is 7.67. The van der Waals surface area contributed by atoms with Gasteiger partial charge in [-0.2, -0.15) is 0 Å². The highest BCUT2D eigenvalue weighted by Gasteiger charge is 2.20. The molecule has 2 rings (SSSR count). The maximum atomic E-state index is 10.4. The maximum absolute atomic E-state index is 10.4. The predicted molar refractivity (Wildman–Crippen MR) is 69.2 cm³/mol. The van der Waals surface area contributed by atoms with Crippen LogP contribution in [0.3, 0.4) is 0 Å². The van der Waals surface area contributed by atoms with Crippen molar-refractivity contribution < 1.29 is 14.6 Å². The molecule has 0 aliphatic carbocycles. The Morgan fingerprint density at radius 2 is 2.28 bits per heavy atom. The summed E-state index contributed by atoms with van der Waals surface area (Å²) in [6.45, 7) is 0.500. The molecule has 4 nitrogen and oxygen atoms in total. The summed E-state index contributed by atoms with van der Waals surface area (Å²) < 4.78 is 5.37. The van der Waals surface area contributed by atoms with E-state index in [-0.39, 0.29) is 12.5 Å². The van der Waals surface area contributed by atoms with Crippen LogP contribution in [0.2, 0.25) is 5.02 Å². The van der Waals surface area contributed by atoms with Crippen LogP contribution in [-0.2, 0) is 16.0 Å². The smallest absolute Gasteiger partial charge is 0.303 e. The lowest BCUT2D eigenvalue weighted by Crippen LogP contribution is -2.10. The molecule has 96 valence electrons. The zero-order chi connectivity index (χ0) is 13.0. The first kappa shape index (κ1) is 12.9. The molecule has 1 aliphatic heterocycles. The minimum atomic E-state index is -0.837. The molecule has 1 aliphatic rings. The third-order valence-corrected chi connectivity index (χ3v) is 3.10. The molecule has 1 unspecified atom stereocenters. The minimum Gasteiger partial charge on any atom is -0.481 e. The number of carboxylic acids is 1. The van der Waals surface area contributed by atoms with Crippen molar-refractivity contribution in [3.8, 4) is 0 Å². The summed E-state index contributed by atoms with van der Waals surface area (Å²) >= 11 is 6.07. The highest BCUT2D eigenvalue weighted by atomic mass is 35.5. The molecule has 0 saturated carbocycles. The van der Waals surface area contributed by atoms with E-state index in [2.05, 4.69) is 4.99 Å². The van der Waals surface area contributed by atoms with Crippen molar-refractivity contribution >= 4 is 23.5 Å². The van der Waals surface area contributed by atoms with Gasteiger partial charge in [0.15, 0.2) is 5.90 Å². The van der Waals surface area contributed by atoms with Gasteiger partial charge in [0.2, 0.25) is 0 Å². The summed E-state index contributed by atoms with van der Waals surface area (Å²) in [5, 5.41) is 9.31. The zero-order valence-corrected chi connectivity index (χ0v) is 10.6. The third-order valence-electron chi connectivity index (χ3n) is 2.74. The summed E-state index contributed by atoms with van der Waals surface area (Å²) in [7, 11) is 0. The Kier molecular flexibility index (Phi) is 4.20. The molecule has 0 bridgehead atoms. The molecule has 0 fully saturated rings. The van der Waals surface area contributed by atoms with Crippen molar-refractivity contribution in [2.45, 2.75) is 25.3 Å². The van der Waals surface area contributed by atoms with Crippen molar-refractivity contribution in [3.63, 3.8) is 0 Å². The topological polar surface area (TPSA) is 58.9 Å². The Morgan fingerprint density at radius 1 is 1.50 bits per heavy atom. The molecule has 0 aromatic heterocycles. The van der Waals surface area contributed by atoms with E-state index in [0.29, 0.717) is 18.9 Å². The van der Waals surface area contributed by atoms with E-state index < -0.39 is 5.97 Å². The Labute approximate surface area is 110 Å². The van der Waals surface area contributed by atoms with Crippen molar-refractivity contribution in [1.29, 1.82) is 0 Å². The maximum Gasteiger partial charge on any atom is 0.303 e. The molecule has 0 spiro atoms. The number of carbonyl (C=O) groups is 1. The number of ether oxygens (including phenoxy) is 1. The Morgan fingerprint density at radius 3 is 3.00 bits per heavy atom. The second kappa shape index (κ2) is 5.87. The molecule has 0 radical (unpaired) electrons. The van der Waals surface area contributed by atoms with Crippen molar-refractivity contribution in [2.24, 2.45) is 4.99 Å². The predicted octanol–water partition coefficient (Wildman–Crippen LogP) is 2.54. The lowest BCUT2D eigenvalue weighted by atomic mass is 10.1. The molecule has 1 heterocycles.